The van der Waals surface area contributed by atoms with E-state index >= 15 is 0 Å². The van der Waals surface area contributed by atoms with Crippen LogP contribution in [-0.2, 0) is 6.42 Å². The van der Waals surface area contributed by atoms with Crippen LogP contribution < -0.4 is 10.2 Å². The molecule has 2 heterocycles. The number of rotatable bonds is 5. The predicted molar refractivity (Wildman–Crippen MR) is 88.5 cm³/mol. The molecule has 112 valence electrons. The summed E-state index contributed by atoms with van der Waals surface area (Å²) >= 11 is 3.66. The average molecular weight is 341 g/mol. The van der Waals surface area contributed by atoms with Crippen LogP contribution in [0.1, 0.15) is 45.7 Å². The highest BCUT2D eigenvalue weighted by Gasteiger charge is 2.18. The van der Waals surface area contributed by atoms with Crippen molar-refractivity contribution in [2.24, 2.45) is 5.92 Å². The molecule has 1 aromatic rings. The molecule has 1 saturated heterocycles. The fraction of sp³-hybridized carbons (Fsp3) is 0.733. The van der Waals surface area contributed by atoms with Gasteiger partial charge in [0.15, 0.2) is 0 Å². The maximum absolute atomic E-state index is 4.81. The zero-order valence-corrected chi connectivity index (χ0v) is 14.3. The summed E-state index contributed by atoms with van der Waals surface area (Å²) in [6, 6.07) is 0. The van der Waals surface area contributed by atoms with Crippen LogP contribution in [0.5, 0.6) is 0 Å². The van der Waals surface area contributed by atoms with Crippen molar-refractivity contribution in [3.8, 4) is 0 Å². The molecule has 2 rings (SSSR count). The van der Waals surface area contributed by atoms with Crippen LogP contribution in [0, 0.1) is 5.92 Å². The largest absolute Gasteiger partial charge is 0.369 e. The van der Waals surface area contributed by atoms with Gasteiger partial charge in [-0.1, -0.05) is 13.8 Å². The van der Waals surface area contributed by atoms with Crippen molar-refractivity contribution in [2.45, 2.75) is 46.5 Å². The van der Waals surface area contributed by atoms with Crippen LogP contribution in [0.25, 0.3) is 0 Å². The molecule has 0 unspecified atom stereocenters. The molecule has 0 aromatic carbocycles. The van der Waals surface area contributed by atoms with Gasteiger partial charge in [0.25, 0.3) is 0 Å². The number of hydrogen-bond acceptors (Lipinski definition) is 4. The normalized spacial score (nSPS) is 15.8. The van der Waals surface area contributed by atoms with Crippen LogP contribution in [0.4, 0.5) is 11.8 Å². The van der Waals surface area contributed by atoms with E-state index in [1.165, 1.54) is 19.3 Å². The van der Waals surface area contributed by atoms with E-state index in [9.17, 15) is 0 Å². The highest BCUT2D eigenvalue weighted by Crippen LogP contribution is 2.29. The van der Waals surface area contributed by atoms with E-state index in [2.05, 4.69) is 46.9 Å². The van der Waals surface area contributed by atoms with Gasteiger partial charge in [0.1, 0.15) is 5.82 Å². The first-order valence-electron chi connectivity index (χ1n) is 7.67. The van der Waals surface area contributed by atoms with E-state index in [-0.39, 0.29) is 0 Å². The molecular formula is C15H25BrN4. The van der Waals surface area contributed by atoms with E-state index in [0.717, 1.165) is 48.0 Å². The van der Waals surface area contributed by atoms with Gasteiger partial charge in [0, 0.05) is 19.6 Å². The number of halogens is 1. The Balaban J connectivity index is 2.32. The molecule has 1 fully saturated rings. The molecule has 20 heavy (non-hydrogen) atoms. The molecule has 0 atom stereocenters. The lowest BCUT2D eigenvalue weighted by Crippen LogP contribution is -2.31. The molecule has 0 spiro atoms. The summed E-state index contributed by atoms with van der Waals surface area (Å²) in [5.74, 6) is 2.41. The quantitative estimate of drug-likeness (QED) is 0.883. The minimum Gasteiger partial charge on any atom is -0.369 e. The lowest BCUT2D eigenvalue weighted by atomic mass is 10.1. The summed E-state index contributed by atoms with van der Waals surface area (Å²) < 4.78 is 1.02. The Labute approximate surface area is 130 Å². The number of hydrogen-bond donors (Lipinski definition) is 1. The highest BCUT2D eigenvalue weighted by atomic mass is 79.9. The molecule has 1 aliphatic heterocycles. The van der Waals surface area contributed by atoms with Gasteiger partial charge in [-0.3, -0.25) is 0 Å². The second-order valence-electron chi connectivity index (χ2n) is 5.81. The first kappa shape index (κ1) is 15.5. The molecule has 0 amide bonds. The van der Waals surface area contributed by atoms with Gasteiger partial charge >= 0.3 is 0 Å². The third-order valence-electron chi connectivity index (χ3n) is 3.49. The monoisotopic (exact) mass is 340 g/mol. The molecule has 0 saturated carbocycles. The van der Waals surface area contributed by atoms with Gasteiger partial charge in [0.05, 0.1) is 10.2 Å². The van der Waals surface area contributed by atoms with Crippen molar-refractivity contribution in [3.05, 3.63) is 10.2 Å². The first-order chi connectivity index (χ1) is 9.61. The molecule has 1 aliphatic rings. The minimum atomic E-state index is 0.588. The molecule has 4 nitrogen and oxygen atoms in total. The number of aromatic nitrogens is 2. The molecule has 0 radical (unpaired) electrons. The minimum absolute atomic E-state index is 0.588. The molecule has 1 N–H and O–H groups in total. The third kappa shape index (κ3) is 3.84. The van der Waals surface area contributed by atoms with Crippen LogP contribution in [0.3, 0.4) is 0 Å². The van der Waals surface area contributed by atoms with Crippen molar-refractivity contribution in [1.82, 2.24) is 9.97 Å². The maximum Gasteiger partial charge on any atom is 0.227 e. The van der Waals surface area contributed by atoms with Gasteiger partial charge in [-0.25, -0.2) is 4.98 Å². The third-order valence-corrected chi connectivity index (χ3v) is 4.33. The Morgan fingerprint density at radius 1 is 1.20 bits per heavy atom. The summed E-state index contributed by atoms with van der Waals surface area (Å²) in [4.78, 5) is 11.8. The Hall–Kier alpha value is -0.840. The topological polar surface area (TPSA) is 41.1 Å². The van der Waals surface area contributed by atoms with Crippen LogP contribution >= 0.6 is 15.9 Å². The van der Waals surface area contributed by atoms with E-state index in [0.29, 0.717) is 5.92 Å². The summed E-state index contributed by atoms with van der Waals surface area (Å²) in [6.45, 7) is 9.57. The number of anilines is 2. The van der Waals surface area contributed by atoms with Crippen molar-refractivity contribution in [2.75, 3.05) is 29.9 Å². The van der Waals surface area contributed by atoms with E-state index in [4.69, 9.17) is 9.97 Å². The lowest BCUT2D eigenvalue weighted by molar-refractivity contribution is 0.564. The summed E-state index contributed by atoms with van der Waals surface area (Å²) in [6.07, 6.45) is 4.79. The van der Waals surface area contributed by atoms with Crippen LogP contribution in [0.15, 0.2) is 4.47 Å². The van der Waals surface area contributed by atoms with Crippen molar-refractivity contribution in [3.63, 3.8) is 0 Å². The fourth-order valence-corrected chi connectivity index (χ4v) is 3.00. The van der Waals surface area contributed by atoms with Crippen molar-refractivity contribution in [1.29, 1.82) is 0 Å². The van der Waals surface area contributed by atoms with E-state index in [1.54, 1.807) is 0 Å². The van der Waals surface area contributed by atoms with E-state index < -0.39 is 0 Å². The van der Waals surface area contributed by atoms with Gasteiger partial charge in [-0.2, -0.15) is 4.98 Å². The Morgan fingerprint density at radius 3 is 2.50 bits per heavy atom. The Kier molecular flexibility index (Phi) is 5.64. The molecule has 0 aliphatic carbocycles. The second-order valence-corrected chi connectivity index (χ2v) is 6.60. The zero-order valence-electron chi connectivity index (χ0n) is 12.7. The van der Waals surface area contributed by atoms with Crippen LogP contribution in [0.2, 0.25) is 0 Å². The Bertz CT molecular complexity index is 442. The summed E-state index contributed by atoms with van der Waals surface area (Å²) in [5, 5.41) is 3.34. The Morgan fingerprint density at radius 2 is 1.90 bits per heavy atom. The van der Waals surface area contributed by atoms with Gasteiger partial charge < -0.3 is 10.2 Å². The molecule has 1 aromatic heterocycles. The summed E-state index contributed by atoms with van der Waals surface area (Å²) in [5.41, 5.74) is 1.12. The van der Waals surface area contributed by atoms with Gasteiger partial charge in [-0.05, 0) is 54.5 Å². The first-order valence-corrected chi connectivity index (χ1v) is 8.46. The smallest absolute Gasteiger partial charge is 0.227 e. The maximum atomic E-state index is 4.81. The standard InChI is InChI=1S/C15H25BrN4/c1-4-17-14-13(16)12(10-11(2)3)18-15(19-14)20-8-6-5-7-9-20/h11H,4-10H2,1-3H3,(H,17,18,19). The van der Waals surface area contributed by atoms with Gasteiger partial charge in [-0.15, -0.1) is 0 Å². The number of nitrogens with one attached hydrogen (secondary N) is 1. The SMILES string of the molecule is CCNc1nc(N2CCCCC2)nc(CC(C)C)c1Br. The predicted octanol–water partition coefficient (Wildman–Crippen LogP) is 3.86. The zero-order chi connectivity index (χ0) is 14.5. The molecule has 0 bridgehead atoms. The highest BCUT2D eigenvalue weighted by molar-refractivity contribution is 9.10. The number of piperidine rings is 1. The van der Waals surface area contributed by atoms with Crippen LogP contribution in [-0.4, -0.2) is 29.6 Å². The molecular weight excluding hydrogens is 316 g/mol. The molecule has 5 heteroatoms. The number of nitrogens with zero attached hydrogens (tertiary/aromatic N) is 3. The summed E-state index contributed by atoms with van der Waals surface area (Å²) in [7, 11) is 0. The van der Waals surface area contributed by atoms with E-state index in [1.807, 2.05) is 0 Å². The van der Waals surface area contributed by atoms with Crippen molar-refractivity contribution < 1.29 is 0 Å². The fourth-order valence-electron chi connectivity index (χ4n) is 2.52. The second kappa shape index (κ2) is 7.25. The lowest BCUT2D eigenvalue weighted by Gasteiger charge is -2.27. The average Bonchev–Trinajstić information content (AvgIpc) is 2.44. The van der Waals surface area contributed by atoms with Gasteiger partial charge in [0.2, 0.25) is 5.95 Å². The van der Waals surface area contributed by atoms with Crippen molar-refractivity contribution >= 4 is 27.7 Å².